The van der Waals surface area contributed by atoms with E-state index in [9.17, 15) is 19.2 Å². The fourth-order valence-electron chi connectivity index (χ4n) is 7.52. The number of carbonyl (C=O) groups is 4. The highest BCUT2D eigenvalue weighted by Crippen LogP contribution is 2.66. The molecule has 0 saturated carbocycles. The van der Waals surface area contributed by atoms with Gasteiger partial charge in [-0.3, -0.25) is 14.4 Å². The van der Waals surface area contributed by atoms with Crippen molar-refractivity contribution >= 4 is 23.1 Å². The lowest BCUT2D eigenvalue weighted by atomic mass is 9.42. The fraction of sp³-hybridized carbons (Fsp3) is 0.533. The lowest BCUT2D eigenvalue weighted by molar-refractivity contribution is -0.134. The van der Waals surface area contributed by atoms with Crippen LogP contribution in [0.15, 0.2) is 34.4 Å². The van der Waals surface area contributed by atoms with Crippen molar-refractivity contribution in [1.29, 1.82) is 0 Å². The first-order chi connectivity index (χ1) is 15.7. The summed E-state index contributed by atoms with van der Waals surface area (Å²) in [4.78, 5) is 52.2. The molecule has 0 aliphatic heterocycles. The van der Waals surface area contributed by atoms with Crippen molar-refractivity contribution in [1.82, 2.24) is 0 Å². The summed E-state index contributed by atoms with van der Waals surface area (Å²) in [5, 5.41) is 0. The molecule has 34 heavy (non-hydrogen) atoms. The summed E-state index contributed by atoms with van der Waals surface area (Å²) in [6.07, 6.45) is 3.18. The summed E-state index contributed by atoms with van der Waals surface area (Å²) in [6.45, 7) is 15.1. The second-order valence-electron chi connectivity index (χ2n) is 11.7. The molecule has 3 atom stereocenters. The van der Waals surface area contributed by atoms with Crippen LogP contribution in [0, 0.1) is 23.2 Å². The van der Waals surface area contributed by atoms with E-state index in [1.807, 2.05) is 33.8 Å². The van der Waals surface area contributed by atoms with Crippen LogP contribution in [0.25, 0.3) is 0 Å². The van der Waals surface area contributed by atoms with Crippen molar-refractivity contribution in [2.45, 2.75) is 87.5 Å². The summed E-state index contributed by atoms with van der Waals surface area (Å²) in [5.41, 5.74) is 4.87. The predicted octanol–water partition coefficient (Wildman–Crippen LogP) is 5.87. The van der Waals surface area contributed by atoms with Crippen LogP contribution in [0.5, 0.6) is 0 Å². The van der Waals surface area contributed by atoms with Crippen LogP contribution in [0.3, 0.4) is 0 Å². The molecule has 4 heteroatoms. The molecule has 1 aromatic rings. The first kappa shape index (κ1) is 24.5. The summed E-state index contributed by atoms with van der Waals surface area (Å²) in [5.74, 6) is -0.175. The quantitative estimate of drug-likeness (QED) is 0.527. The maximum absolute atomic E-state index is 14.2. The monoisotopic (exact) mass is 460 g/mol. The molecule has 0 bridgehead atoms. The minimum Gasteiger partial charge on any atom is -0.300 e. The topological polar surface area (TPSA) is 68.3 Å². The van der Waals surface area contributed by atoms with Gasteiger partial charge in [0.05, 0.1) is 11.0 Å². The van der Waals surface area contributed by atoms with Crippen LogP contribution in [0.1, 0.15) is 94.8 Å². The predicted molar refractivity (Wildman–Crippen MR) is 133 cm³/mol. The number of carbonyl (C=O) groups excluding carboxylic acids is 4. The number of Topliss-reactive ketones (excluding diaryl/α,β-unsaturated/α-hetero) is 4. The number of ketones is 4. The first-order valence-electron chi connectivity index (χ1n) is 12.3. The maximum atomic E-state index is 14.2. The van der Waals surface area contributed by atoms with Gasteiger partial charge in [-0.1, -0.05) is 37.1 Å². The Kier molecular flexibility index (Phi) is 5.54. The number of hydrogen-bond acceptors (Lipinski definition) is 4. The Balaban J connectivity index is 1.96. The van der Waals surface area contributed by atoms with Crippen molar-refractivity contribution in [2.75, 3.05) is 0 Å². The molecule has 0 N–H and O–H groups in total. The van der Waals surface area contributed by atoms with Crippen LogP contribution in [-0.4, -0.2) is 23.1 Å². The Hall–Kier alpha value is -2.62. The molecule has 0 saturated heterocycles. The zero-order chi connectivity index (χ0) is 25.4. The SMILES string of the molecule is CC(=O)CCc1ccc(C)c2c1CC1(C)CC3(C)CC(C)=C(C(C)=O)C(=O)C3(C)C(C)=C1C2=O. The van der Waals surface area contributed by atoms with Gasteiger partial charge in [-0.05, 0) is 89.3 Å². The summed E-state index contributed by atoms with van der Waals surface area (Å²) in [6, 6.07) is 4.05. The lowest BCUT2D eigenvalue weighted by Crippen LogP contribution is -2.57. The molecule has 0 heterocycles. The van der Waals surface area contributed by atoms with E-state index in [2.05, 4.69) is 19.9 Å². The van der Waals surface area contributed by atoms with Gasteiger partial charge in [0.2, 0.25) is 0 Å². The van der Waals surface area contributed by atoms with Gasteiger partial charge >= 0.3 is 0 Å². The van der Waals surface area contributed by atoms with Gasteiger partial charge in [0.15, 0.2) is 17.3 Å². The van der Waals surface area contributed by atoms with Crippen LogP contribution in [-0.2, 0) is 27.2 Å². The van der Waals surface area contributed by atoms with E-state index in [1.165, 1.54) is 6.92 Å². The molecule has 3 aliphatic carbocycles. The highest BCUT2D eigenvalue weighted by molar-refractivity contribution is 6.24. The zero-order valence-electron chi connectivity index (χ0n) is 21.8. The van der Waals surface area contributed by atoms with Gasteiger partial charge in [0.1, 0.15) is 5.78 Å². The van der Waals surface area contributed by atoms with E-state index in [0.717, 1.165) is 45.4 Å². The Morgan fingerprint density at radius 1 is 0.971 bits per heavy atom. The van der Waals surface area contributed by atoms with Crippen LogP contribution in [0.4, 0.5) is 0 Å². The van der Waals surface area contributed by atoms with Crippen LogP contribution >= 0.6 is 0 Å². The normalized spacial score (nSPS) is 30.7. The van der Waals surface area contributed by atoms with E-state index in [4.69, 9.17) is 0 Å². The van der Waals surface area contributed by atoms with E-state index in [0.29, 0.717) is 31.3 Å². The smallest absolute Gasteiger partial charge is 0.190 e. The minimum absolute atomic E-state index is 0.00940. The number of hydrogen-bond donors (Lipinski definition) is 0. The number of allylic oxidation sites excluding steroid dienone is 4. The Morgan fingerprint density at radius 3 is 2.21 bits per heavy atom. The fourth-order valence-corrected chi connectivity index (χ4v) is 7.52. The molecule has 3 unspecified atom stereocenters. The molecule has 4 nitrogen and oxygen atoms in total. The molecular formula is C30H36O4. The molecule has 0 aromatic heterocycles. The molecule has 0 fully saturated rings. The maximum Gasteiger partial charge on any atom is 0.190 e. The van der Waals surface area contributed by atoms with Gasteiger partial charge in [0.25, 0.3) is 0 Å². The molecule has 0 amide bonds. The summed E-state index contributed by atoms with van der Waals surface area (Å²) in [7, 11) is 0. The molecule has 1 aromatic carbocycles. The third kappa shape index (κ3) is 3.17. The number of rotatable bonds is 4. The number of benzene rings is 1. The second-order valence-corrected chi connectivity index (χ2v) is 11.7. The van der Waals surface area contributed by atoms with Gasteiger partial charge < -0.3 is 4.79 Å². The Bertz CT molecular complexity index is 1240. The van der Waals surface area contributed by atoms with Crippen molar-refractivity contribution < 1.29 is 19.2 Å². The Morgan fingerprint density at radius 2 is 1.62 bits per heavy atom. The van der Waals surface area contributed by atoms with Crippen LogP contribution in [0.2, 0.25) is 0 Å². The average Bonchev–Trinajstić information content (AvgIpc) is 2.69. The summed E-state index contributed by atoms with van der Waals surface area (Å²) >= 11 is 0. The third-order valence-corrected chi connectivity index (χ3v) is 9.22. The number of fused-ring (bicyclic) bond motifs is 3. The lowest BCUT2D eigenvalue weighted by Gasteiger charge is -2.59. The van der Waals surface area contributed by atoms with Gasteiger partial charge in [-0.15, -0.1) is 0 Å². The minimum atomic E-state index is -0.893. The van der Waals surface area contributed by atoms with Crippen molar-refractivity contribution in [3.63, 3.8) is 0 Å². The van der Waals surface area contributed by atoms with E-state index in [1.54, 1.807) is 6.92 Å². The number of aryl methyl sites for hydroxylation is 2. The third-order valence-electron chi connectivity index (χ3n) is 9.22. The molecule has 180 valence electrons. The molecular weight excluding hydrogens is 424 g/mol. The molecule has 4 rings (SSSR count). The van der Waals surface area contributed by atoms with Crippen molar-refractivity contribution in [3.8, 4) is 0 Å². The van der Waals surface area contributed by atoms with E-state index >= 15 is 0 Å². The standard InChI is InChI=1S/C30H36O4/c1-16-9-11-21(12-10-18(3)31)22-14-28(6)15-29(7)13-17(2)23(20(5)32)27(34)30(29,8)19(4)25(28)26(33)24(16)22/h9,11H,10,12-15H2,1-8H3. The van der Waals surface area contributed by atoms with Crippen molar-refractivity contribution in [2.24, 2.45) is 16.2 Å². The summed E-state index contributed by atoms with van der Waals surface area (Å²) < 4.78 is 0. The van der Waals surface area contributed by atoms with E-state index < -0.39 is 16.2 Å². The first-order valence-corrected chi connectivity index (χ1v) is 12.3. The van der Waals surface area contributed by atoms with E-state index in [-0.39, 0.29) is 23.1 Å². The van der Waals surface area contributed by atoms with Crippen LogP contribution < -0.4 is 0 Å². The van der Waals surface area contributed by atoms with Gasteiger partial charge in [-0.25, -0.2) is 0 Å². The largest absolute Gasteiger partial charge is 0.300 e. The molecule has 0 radical (unpaired) electrons. The zero-order valence-corrected chi connectivity index (χ0v) is 21.8. The molecule has 3 aliphatic rings. The Labute approximate surface area is 202 Å². The average molecular weight is 461 g/mol. The van der Waals surface area contributed by atoms with Gasteiger partial charge in [-0.2, -0.15) is 0 Å². The van der Waals surface area contributed by atoms with Crippen molar-refractivity contribution in [3.05, 3.63) is 56.7 Å². The van der Waals surface area contributed by atoms with Gasteiger partial charge in [0, 0.05) is 23.0 Å². The highest BCUT2D eigenvalue weighted by Gasteiger charge is 2.63. The highest BCUT2D eigenvalue weighted by atomic mass is 16.2. The molecule has 0 spiro atoms. The second kappa shape index (κ2) is 7.69.